The molecule has 136 valence electrons. The third-order valence-corrected chi connectivity index (χ3v) is 5.90. The minimum Gasteiger partial charge on any atom is -0.520 e. The van der Waals surface area contributed by atoms with Gasteiger partial charge in [-0.25, -0.2) is 0 Å². The van der Waals surface area contributed by atoms with E-state index in [0.29, 0.717) is 0 Å². The summed E-state index contributed by atoms with van der Waals surface area (Å²) in [5.41, 5.74) is 2.44. The molecule has 0 radical (unpaired) electrons. The Morgan fingerprint density at radius 3 is 2.00 bits per heavy atom. The van der Waals surface area contributed by atoms with Gasteiger partial charge in [-0.1, -0.05) is 81.5 Å². The standard InChI is InChI=1S/C22H32O2Si/c1-4-5-6-7-8-12-19-23-25(2,3)24-22-17-15-21(16-18-22)20-13-10-9-11-14-20/h9-11,13-18H,4-8,12,19H2,1-3H3. The minimum absolute atomic E-state index is 0.813. The van der Waals surface area contributed by atoms with Crippen molar-refractivity contribution < 1.29 is 8.85 Å². The number of rotatable bonds is 11. The van der Waals surface area contributed by atoms with Crippen molar-refractivity contribution in [3.63, 3.8) is 0 Å². The first-order chi connectivity index (χ1) is 12.1. The van der Waals surface area contributed by atoms with Crippen molar-refractivity contribution in [1.29, 1.82) is 0 Å². The van der Waals surface area contributed by atoms with Crippen LogP contribution in [0.15, 0.2) is 54.6 Å². The van der Waals surface area contributed by atoms with E-state index in [1.807, 2.05) is 18.2 Å². The van der Waals surface area contributed by atoms with Crippen LogP contribution in [0.1, 0.15) is 45.4 Å². The highest BCUT2D eigenvalue weighted by atomic mass is 28.4. The summed E-state index contributed by atoms with van der Waals surface area (Å²) in [6.45, 7) is 7.30. The lowest BCUT2D eigenvalue weighted by atomic mass is 10.1. The SMILES string of the molecule is CCCCCCCCO[Si](C)(C)Oc1ccc(-c2ccccc2)cc1. The number of hydrogen-bond acceptors (Lipinski definition) is 2. The first-order valence-electron chi connectivity index (χ1n) is 9.59. The molecule has 0 N–H and O–H groups in total. The van der Waals surface area contributed by atoms with Crippen LogP contribution in [0, 0.1) is 0 Å². The van der Waals surface area contributed by atoms with E-state index < -0.39 is 8.56 Å². The summed E-state index contributed by atoms with van der Waals surface area (Å²) < 4.78 is 12.2. The zero-order valence-corrected chi connectivity index (χ0v) is 17.0. The molecule has 0 heterocycles. The Morgan fingerprint density at radius 2 is 1.32 bits per heavy atom. The molecule has 2 rings (SSSR count). The molecule has 0 aromatic heterocycles. The van der Waals surface area contributed by atoms with E-state index in [1.54, 1.807) is 0 Å². The first-order valence-corrected chi connectivity index (χ1v) is 12.4. The topological polar surface area (TPSA) is 18.5 Å². The zero-order valence-electron chi connectivity index (χ0n) is 16.0. The fourth-order valence-electron chi connectivity index (χ4n) is 2.86. The van der Waals surface area contributed by atoms with Gasteiger partial charge in [-0.15, -0.1) is 0 Å². The van der Waals surface area contributed by atoms with Gasteiger partial charge in [-0.3, -0.25) is 0 Å². The maximum atomic E-state index is 6.15. The molecule has 3 heteroatoms. The second-order valence-electron chi connectivity index (χ2n) is 7.01. The van der Waals surface area contributed by atoms with Gasteiger partial charge in [0, 0.05) is 6.61 Å². The fraction of sp³-hybridized carbons (Fsp3) is 0.455. The molecule has 0 saturated heterocycles. The average molecular weight is 357 g/mol. The molecule has 0 atom stereocenters. The van der Waals surface area contributed by atoms with E-state index >= 15 is 0 Å². The average Bonchev–Trinajstić information content (AvgIpc) is 2.62. The summed E-state index contributed by atoms with van der Waals surface area (Å²) in [5.74, 6) is 0.902. The second kappa shape index (κ2) is 10.4. The molecule has 2 aromatic carbocycles. The quantitative estimate of drug-likeness (QED) is 0.325. The summed E-state index contributed by atoms with van der Waals surface area (Å²) in [6, 6.07) is 18.7. The highest BCUT2D eigenvalue weighted by molar-refractivity contribution is 6.65. The molecule has 0 aliphatic rings. The molecule has 2 nitrogen and oxygen atoms in total. The Hall–Kier alpha value is -1.58. The van der Waals surface area contributed by atoms with Crippen LogP contribution in [0.25, 0.3) is 11.1 Å². The summed E-state index contributed by atoms with van der Waals surface area (Å²) in [5, 5.41) is 0. The number of unbranched alkanes of at least 4 members (excludes halogenated alkanes) is 5. The van der Waals surface area contributed by atoms with E-state index in [1.165, 1.54) is 43.2 Å². The lowest BCUT2D eigenvalue weighted by molar-refractivity contribution is 0.241. The van der Waals surface area contributed by atoms with Crippen LogP contribution in [-0.4, -0.2) is 15.2 Å². The minimum atomic E-state index is -2.12. The Morgan fingerprint density at radius 1 is 0.720 bits per heavy atom. The van der Waals surface area contributed by atoms with Crippen molar-refractivity contribution in [2.24, 2.45) is 0 Å². The molecule has 0 spiro atoms. The summed E-state index contributed by atoms with van der Waals surface area (Å²) >= 11 is 0. The van der Waals surface area contributed by atoms with Crippen LogP contribution in [0.3, 0.4) is 0 Å². The Balaban J connectivity index is 1.76. The predicted octanol–water partition coefficient (Wildman–Crippen LogP) is 6.81. The van der Waals surface area contributed by atoms with Gasteiger partial charge in [-0.2, -0.15) is 0 Å². The van der Waals surface area contributed by atoms with Crippen molar-refractivity contribution >= 4 is 8.56 Å². The molecule has 0 saturated carbocycles. The Bertz CT molecular complexity index is 593. The lowest BCUT2D eigenvalue weighted by Gasteiger charge is -2.24. The van der Waals surface area contributed by atoms with Gasteiger partial charge in [0.1, 0.15) is 5.75 Å². The number of benzene rings is 2. The molecule has 0 fully saturated rings. The molecular weight excluding hydrogens is 324 g/mol. The normalized spacial score (nSPS) is 11.5. The Kier molecular flexibility index (Phi) is 8.22. The third kappa shape index (κ3) is 7.45. The van der Waals surface area contributed by atoms with Crippen molar-refractivity contribution in [2.45, 2.75) is 58.5 Å². The van der Waals surface area contributed by atoms with Crippen molar-refractivity contribution in [3.05, 3.63) is 54.6 Å². The van der Waals surface area contributed by atoms with Crippen LogP contribution < -0.4 is 4.43 Å². The smallest absolute Gasteiger partial charge is 0.392 e. The highest BCUT2D eigenvalue weighted by Gasteiger charge is 2.26. The molecule has 25 heavy (non-hydrogen) atoms. The molecule has 0 amide bonds. The van der Waals surface area contributed by atoms with Gasteiger partial charge in [0.25, 0.3) is 0 Å². The summed E-state index contributed by atoms with van der Waals surface area (Å²) in [7, 11) is -2.12. The van der Waals surface area contributed by atoms with Crippen LogP contribution >= 0.6 is 0 Å². The van der Waals surface area contributed by atoms with Gasteiger partial charge in [0.2, 0.25) is 0 Å². The van der Waals surface area contributed by atoms with Crippen molar-refractivity contribution in [2.75, 3.05) is 6.61 Å². The molecule has 0 unspecified atom stereocenters. The van der Waals surface area contributed by atoms with Gasteiger partial charge in [0.15, 0.2) is 0 Å². The van der Waals surface area contributed by atoms with Crippen molar-refractivity contribution in [1.82, 2.24) is 0 Å². The van der Waals surface area contributed by atoms with Crippen LogP contribution in [0.5, 0.6) is 5.75 Å². The van der Waals surface area contributed by atoms with E-state index in [0.717, 1.165) is 18.8 Å². The molecule has 0 bridgehead atoms. The van der Waals surface area contributed by atoms with E-state index in [4.69, 9.17) is 8.85 Å². The van der Waals surface area contributed by atoms with E-state index in [9.17, 15) is 0 Å². The summed E-state index contributed by atoms with van der Waals surface area (Å²) in [6.07, 6.45) is 7.71. The van der Waals surface area contributed by atoms with E-state index in [-0.39, 0.29) is 0 Å². The van der Waals surface area contributed by atoms with Gasteiger partial charge >= 0.3 is 8.56 Å². The molecule has 0 aliphatic heterocycles. The number of hydrogen-bond donors (Lipinski definition) is 0. The molecule has 2 aromatic rings. The second-order valence-corrected chi connectivity index (χ2v) is 10.3. The van der Waals surface area contributed by atoms with Gasteiger partial charge in [-0.05, 0) is 42.8 Å². The Labute approximate surface area is 154 Å². The fourth-order valence-corrected chi connectivity index (χ4v) is 4.26. The van der Waals surface area contributed by atoms with Crippen LogP contribution in [0.2, 0.25) is 13.1 Å². The monoisotopic (exact) mass is 356 g/mol. The van der Waals surface area contributed by atoms with Crippen LogP contribution in [0.4, 0.5) is 0 Å². The van der Waals surface area contributed by atoms with Gasteiger partial charge < -0.3 is 8.85 Å². The highest BCUT2D eigenvalue weighted by Crippen LogP contribution is 2.24. The van der Waals surface area contributed by atoms with Crippen LogP contribution in [-0.2, 0) is 4.43 Å². The zero-order chi connectivity index (χ0) is 18.0. The van der Waals surface area contributed by atoms with Crippen molar-refractivity contribution in [3.8, 4) is 16.9 Å². The van der Waals surface area contributed by atoms with Gasteiger partial charge in [0.05, 0.1) is 0 Å². The predicted molar refractivity (Wildman–Crippen MR) is 109 cm³/mol. The lowest BCUT2D eigenvalue weighted by Crippen LogP contribution is -2.38. The maximum absolute atomic E-state index is 6.15. The first kappa shape index (κ1) is 19.7. The van der Waals surface area contributed by atoms with E-state index in [2.05, 4.69) is 56.4 Å². The largest absolute Gasteiger partial charge is 0.520 e. The molecule has 0 aliphatic carbocycles. The summed E-state index contributed by atoms with van der Waals surface area (Å²) in [4.78, 5) is 0. The third-order valence-electron chi connectivity index (χ3n) is 4.27. The maximum Gasteiger partial charge on any atom is 0.392 e. The molecular formula is C22H32O2Si.